The molecule has 0 spiro atoms. The predicted octanol–water partition coefficient (Wildman–Crippen LogP) is 1.76. The largest absolute Gasteiger partial charge is 0.469 e. The molecule has 0 unspecified atom stereocenters. The number of ether oxygens (including phenoxy) is 1. The fourth-order valence-electron chi connectivity index (χ4n) is 2.72. The molecule has 0 saturated carbocycles. The highest BCUT2D eigenvalue weighted by atomic mass is 35.5. The molecule has 7 nitrogen and oxygen atoms in total. The van der Waals surface area contributed by atoms with Gasteiger partial charge in [0.25, 0.3) is 5.91 Å². The van der Waals surface area contributed by atoms with Crippen LogP contribution in [0.1, 0.15) is 23.2 Å². The van der Waals surface area contributed by atoms with E-state index in [1.807, 2.05) is 0 Å². The summed E-state index contributed by atoms with van der Waals surface area (Å²) in [7, 11) is -0.680. The maximum Gasteiger partial charge on any atom is 0.308 e. The Hall–Kier alpha value is -1.80. The molecule has 138 valence electrons. The van der Waals surface area contributed by atoms with Crippen molar-refractivity contribution in [2.75, 3.05) is 37.8 Å². The topological polar surface area (TPSA) is 84.0 Å². The number of sulfonamides is 1. The van der Waals surface area contributed by atoms with Gasteiger partial charge >= 0.3 is 5.97 Å². The first-order chi connectivity index (χ1) is 11.6. The van der Waals surface area contributed by atoms with E-state index in [1.165, 1.54) is 26.3 Å². The molecule has 1 amide bonds. The van der Waals surface area contributed by atoms with E-state index in [4.69, 9.17) is 16.3 Å². The molecule has 1 aliphatic rings. The standard InChI is InChI=1S/C16H21ClN2O5S/c1-18(25(3,22)23)12-4-5-14(17)13(10-12)15(20)19-8-6-11(7-9-19)16(21)24-2/h4-5,10-11H,6-9H2,1-3H3. The van der Waals surface area contributed by atoms with Crippen LogP contribution in [0.3, 0.4) is 0 Å². The van der Waals surface area contributed by atoms with E-state index in [0.717, 1.165) is 10.6 Å². The van der Waals surface area contributed by atoms with Crippen molar-refractivity contribution in [3.63, 3.8) is 0 Å². The smallest absolute Gasteiger partial charge is 0.308 e. The number of likely N-dealkylation sites (tertiary alicyclic amines) is 1. The molecule has 0 radical (unpaired) electrons. The van der Waals surface area contributed by atoms with Gasteiger partial charge < -0.3 is 9.64 Å². The molecule has 0 atom stereocenters. The number of piperidine rings is 1. The summed E-state index contributed by atoms with van der Waals surface area (Å²) in [5.74, 6) is -0.744. The number of rotatable bonds is 4. The summed E-state index contributed by atoms with van der Waals surface area (Å²) in [6, 6.07) is 4.52. The molecule has 1 fully saturated rings. The van der Waals surface area contributed by atoms with Gasteiger partial charge in [-0.25, -0.2) is 8.42 Å². The van der Waals surface area contributed by atoms with Crippen molar-refractivity contribution in [1.82, 2.24) is 4.90 Å². The fraction of sp³-hybridized carbons (Fsp3) is 0.500. The minimum atomic E-state index is -3.44. The number of nitrogens with zero attached hydrogens (tertiary/aromatic N) is 2. The maximum atomic E-state index is 12.7. The van der Waals surface area contributed by atoms with Crippen LogP contribution in [0, 0.1) is 5.92 Å². The number of carbonyl (C=O) groups excluding carboxylic acids is 2. The van der Waals surface area contributed by atoms with Crippen LogP contribution in [0.4, 0.5) is 5.69 Å². The first-order valence-corrected chi connectivity index (χ1v) is 9.98. The minimum absolute atomic E-state index is 0.202. The molecule has 1 aromatic rings. The molecule has 1 heterocycles. The number of hydrogen-bond acceptors (Lipinski definition) is 5. The summed E-state index contributed by atoms with van der Waals surface area (Å²) in [6.45, 7) is 0.835. The van der Waals surface area contributed by atoms with Gasteiger partial charge in [-0.3, -0.25) is 13.9 Å². The Morgan fingerprint density at radius 1 is 1.28 bits per heavy atom. The molecule has 1 aromatic carbocycles. The lowest BCUT2D eigenvalue weighted by Gasteiger charge is -2.31. The number of esters is 1. The third-order valence-corrected chi connectivity index (χ3v) is 5.89. The number of amides is 1. The van der Waals surface area contributed by atoms with Crippen molar-refractivity contribution in [3.05, 3.63) is 28.8 Å². The van der Waals surface area contributed by atoms with Gasteiger partial charge in [-0.2, -0.15) is 0 Å². The number of methoxy groups -OCH3 is 1. The van der Waals surface area contributed by atoms with Crippen LogP contribution in [-0.4, -0.2) is 58.7 Å². The molecule has 1 aliphatic heterocycles. The quantitative estimate of drug-likeness (QED) is 0.734. The normalized spacial score (nSPS) is 15.8. The Morgan fingerprint density at radius 3 is 2.40 bits per heavy atom. The summed E-state index contributed by atoms with van der Waals surface area (Å²) in [5, 5.41) is 0.255. The van der Waals surface area contributed by atoms with E-state index in [-0.39, 0.29) is 28.4 Å². The molecule has 25 heavy (non-hydrogen) atoms. The summed E-state index contributed by atoms with van der Waals surface area (Å²) in [5.41, 5.74) is 0.603. The Labute approximate surface area is 152 Å². The number of benzene rings is 1. The van der Waals surface area contributed by atoms with Gasteiger partial charge in [0.05, 0.1) is 35.6 Å². The van der Waals surface area contributed by atoms with Crippen molar-refractivity contribution in [2.24, 2.45) is 5.92 Å². The summed E-state index contributed by atoms with van der Waals surface area (Å²) >= 11 is 6.14. The zero-order valence-electron chi connectivity index (χ0n) is 14.4. The van der Waals surface area contributed by atoms with Crippen LogP contribution in [0.15, 0.2) is 18.2 Å². The molecule has 2 rings (SSSR count). The highest BCUT2D eigenvalue weighted by molar-refractivity contribution is 7.92. The Bertz CT molecular complexity index is 773. The van der Waals surface area contributed by atoms with Crippen LogP contribution >= 0.6 is 11.6 Å². The second-order valence-electron chi connectivity index (χ2n) is 5.98. The molecule has 0 aromatic heterocycles. The summed E-state index contributed by atoms with van der Waals surface area (Å²) < 4.78 is 29.2. The van der Waals surface area contributed by atoms with E-state index in [2.05, 4.69) is 0 Å². The van der Waals surface area contributed by atoms with Crippen LogP contribution in [0.2, 0.25) is 5.02 Å². The zero-order valence-corrected chi connectivity index (χ0v) is 15.9. The van der Waals surface area contributed by atoms with Crippen LogP contribution in [0.25, 0.3) is 0 Å². The van der Waals surface area contributed by atoms with Crippen LogP contribution < -0.4 is 4.31 Å². The van der Waals surface area contributed by atoms with Crippen molar-refractivity contribution < 1.29 is 22.7 Å². The Morgan fingerprint density at radius 2 is 1.88 bits per heavy atom. The lowest BCUT2D eigenvalue weighted by Crippen LogP contribution is -2.40. The lowest BCUT2D eigenvalue weighted by atomic mass is 9.96. The highest BCUT2D eigenvalue weighted by Crippen LogP contribution is 2.27. The first-order valence-electron chi connectivity index (χ1n) is 7.75. The monoisotopic (exact) mass is 388 g/mol. The van der Waals surface area contributed by atoms with E-state index < -0.39 is 10.0 Å². The van der Waals surface area contributed by atoms with Crippen LogP contribution in [-0.2, 0) is 19.6 Å². The number of carbonyl (C=O) groups is 2. The lowest BCUT2D eigenvalue weighted by molar-refractivity contribution is -0.146. The number of hydrogen-bond donors (Lipinski definition) is 0. The summed E-state index contributed by atoms with van der Waals surface area (Å²) in [6.07, 6.45) is 2.14. The van der Waals surface area contributed by atoms with E-state index in [9.17, 15) is 18.0 Å². The SMILES string of the molecule is COC(=O)C1CCN(C(=O)c2cc(N(C)S(C)(=O)=O)ccc2Cl)CC1. The number of halogens is 1. The predicted molar refractivity (Wildman–Crippen MR) is 95.3 cm³/mol. The zero-order chi connectivity index (χ0) is 18.8. The van der Waals surface area contributed by atoms with Crippen molar-refractivity contribution in [1.29, 1.82) is 0 Å². The van der Waals surface area contributed by atoms with Gasteiger partial charge in [0, 0.05) is 20.1 Å². The fourth-order valence-corrected chi connectivity index (χ4v) is 3.41. The molecular weight excluding hydrogens is 368 g/mol. The van der Waals surface area contributed by atoms with E-state index >= 15 is 0 Å². The van der Waals surface area contributed by atoms with Crippen molar-refractivity contribution in [3.8, 4) is 0 Å². The second-order valence-corrected chi connectivity index (χ2v) is 8.41. The third-order valence-electron chi connectivity index (χ3n) is 4.36. The Balaban J connectivity index is 2.19. The average molecular weight is 389 g/mol. The van der Waals surface area contributed by atoms with Gasteiger partial charge in [0.1, 0.15) is 0 Å². The van der Waals surface area contributed by atoms with Gasteiger partial charge in [-0.05, 0) is 31.0 Å². The molecule has 1 saturated heterocycles. The maximum absolute atomic E-state index is 12.7. The molecule has 0 bridgehead atoms. The van der Waals surface area contributed by atoms with Crippen molar-refractivity contribution in [2.45, 2.75) is 12.8 Å². The molecule has 0 aliphatic carbocycles. The molecular formula is C16H21ClN2O5S. The second kappa shape index (κ2) is 7.61. The van der Waals surface area contributed by atoms with E-state index in [0.29, 0.717) is 31.6 Å². The first kappa shape index (κ1) is 19.5. The molecule has 0 N–H and O–H groups in total. The van der Waals surface area contributed by atoms with Crippen molar-refractivity contribution >= 4 is 39.2 Å². The molecule has 9 heteroatoms. The highest BCUT2D eigenvalue weighted by Gasteiger charge is 2.29. The van der Waals surface area contributed by atoms with Gasteiger partial charge in [-0.15, -0.1) is 0 Å². The van der Waals surface area contributed by atoms with Crippen LogP contribution in [0.5, 0.6) is 0 Å². The number of anilines is 1. The van der Waals surface area contributed by atoms with Gasteiger partial charge in [0.2, 0.25) is 10.0 Å². The average Bonchev–Trinajstić information content (AvgIpc) is 2.59. The minimum Gasteiger partial charge on any atom is -0.469 e. The summed E-state index contributed by atoms with van der Waals surface area (Å²) in [4.78, 5) is 25.9. The Kier molecular flexibility index (Phi) is 5.95. The van der Waals surface area contributed by atoms with E-state index in [1.54, 1.807) is 11.0 Å². The van der Waals surface area contributed by atoms with Gasteiger partial charge in [-0.1, -0.05) is 11.6 Å². The third kappa shape index (κ3) is 4.43. The van der Waals surface area contributed by atoms with Gasteiger partial charge in [0.15, 0.2) is 0 Å².